The third kappa shape index (κ3) is 1.97. The van der Waals surface area contributed by atoms with Gasteiger partial charge in [0.25, 0.3) is 0 Å². The molecule has 1 aliphatic carbocycles. The summed E-state index contributed by atoms with van der Waals surface area (Å²) in [7, 11) is 0. The Morgan fingerprint density at radius 3 is 2.89 bits per heavy atom. The van der Waals surface area contributed by atoms with Crippen LogP contribution in [0.15, 0.2) is 16.8 Å². The topological polar surface area (TPSA) is 32.3 Å². The molecule has 2 heterocycles. The molecule has 1 saturated heterocycles. The lowest BCUT2D eigenvalue weighted by molar-refractivity contribution is -0.131. The number of carbonyl (C=O) groups excluding carboxylic acids is 1. The molecule has 1 amide bonds. The summed E-state index contributed by atoms with van der Waals surface area (Å²) < 4.78 is 0. The molecule has 0 bridgehead atoms. The second-order valence-electron chi connectivity index (χ2n) is 5.49. The first-order chi connectivity index (χ1) is 8.72. The monoisotopic (exact) mass is 264 g/mol. The molecule has 3 rings (SSSR count). The molecule has 0 aromatic carbocycles. The van der Waals surface area contributed by atoms with Crippen LogP contribution >= 0.6 is 11.3 Å². The molecule has 1 aliphatic heterocycles. The Morgan fingerprint density at radius 2 is 2.33 bits per heavy atom. The molecule has 3 nitrogen and oxygen atoms in total. The van der Waals surface area contributed by atoms with Gasteiger partial charge < -0.3 is 4.90 Å². The number of rotatable bonds is 4. The van der Waals surface area contributed by atoms with E-state index in [0.29, 0.717) is 17.9 Å². The fourth-order valence-corrected chi connectivity index (χ4v) is 3.56. The Labute approximate surface area is 112 Å². The van der Waals surface area contributed by atoms with E-state index in [4.69, 9.17) is 0 Å². The smallest absolute Gasteiger partial charge is 0.241 e. The van der Waals surface area contributed by atoms with Crippen molar-refractivity contribution in [1.82, 2.24) is 10.2 Å². The van der Waals surface area contributed by atoms with Crippen molar-refractivity contribution in [3.05, 3.63) is 22.4 Å². The Hall–Kier alpha value is -0.870. The van der Waals surface area contributed by atoms with Gasteiger partial charge in [-0.3, -0.25) is 10.1 Å². The van der Waals surface area contributed by atoms with Crippen LogP contribution in [-0.2, 0) is 4.79 Å². The van der Waals surface area contributed by atoms with E-state index in [1.807, 2.05) is 0 Å². The minimum absolute atomic E-state index is 0.0210. The maximum atomic E-state index is 12.5. The zero-order chi connectivity index (χ0) is 12.7. The minimum atomic E-state index is 0.0210. The van der Waals surface area contributed by atoms with Crippen LogP contribution in [0, 0.1) is 5.92 Å². The number of amides is 1. The summed E-state index contributed by atoms with van der Waals surface area (Å²) >= 11 is 1.70. The van der Waals surface area contributed by atoms with Gasteiger partial charge in [0.1, 0.15) is 6.17 Å². The van der Waals surface area contributed by atoms with E-state index in [-0.39, 0.29) is 12.2 Å². The fourth-order valence-electron chi connectivity index (χ4n) is 2.88. The van der Waals surface area contributed by atoms with Crippen LogP contribution in [-0.4, -0.2) is 22.9 Å². The maximum absolute atomic E-state index is 12.5. The predicted octanol–water partition coefficient (Wildman–Crippen LogP) is 2.76. The van der Waals surface area contributed by atoms with Crippen molar-refractivity contribution in [2.24, 2.45) is 5.92 Å². The summed E-state index contributed by atoms with van der Waals surface area (Å²) in [5.74, 6) is 0.972. The van der Waals surface area contributed by atoms with Crippen molar-refractivity contribution < 1.29 is 4.79 Å². The number of hydrogen-bond acceptors (Lipinski definition) is 3. The van der Waals surface area contributed by atoms with Crippen LogP contribution in [0.5, 0.6) is 0 Å². The van der Waals surface area contributed by atoms with Crippen LogP contribution in [0.4, 0.5) is 0 Å². The lowest BCUT2D eigenvalue weighted by atomic mass is 10.2. The van der Waals surface area contributed by atoms with Gasteiger partial charge in [-0.05, 0) is 41.1 Å². The van der Waals surface area contributed by atoms with Gasteiger partial charge in [-0.1, -0.05) is 20.3 Å². The Balaban J connectivity index is 1.84. The molecule has 98 valence electrons. The van der Waals surface area contributed by atoms with Crippen molar-refractivity contribution in [2.45, 2.75) is 51.4 Å². The van der Waals surface area contributed by atoms with E-state index in [2.05, 4.69) is 40.9 Å². The quantitative estimate of drug-likeness (QED) is 0.907. The van der Waals surface area contributed by atoms with E-state index in [1.54, 1.807) is 11.3 Å². The molecule has 1 aromatic rings. The highest BCUT2D eigenvalue weighted by atomic mass is 32.1. The molecule has 1 N–H and O–H groups in total. The number of hydrogen-bond donors (Lipinski definition) is 1. The van der Waals surface area contributed by atoms with Crippen LogP contribution in [0.25, 0.3) is 0 Å². The predicted molar refractivity (Wildman–Crippen MR) is 73.3 cm³/mol. The van der Waals surface area contributed by atoms with Crippen molar-refractivity contribution in [3.8, 4) is 0 Å². The summed E-state index contributed by atoms with van der Waals surface area (Å²) in [5, 5.41) is 7.76. The molecule has 2 aliphatic rings. The number of carbonyl (C=O) groups is 1. The van der Waals surface area contributed by atoms with Crippen molar-refractivity contribution >= 4 is 17.2 Å². The van der Waals surface area contributed by atoms with E-state index in [0.717, 1.165) is 19.3 Å². The maximum Gasteiger partial charge on any atom is 0.241 e. The third-order valence-electron chi connectivity index (χ3n) is 4.05. The summed E-state index contributed by atoms with van der Waals surface area (Å²) in [5.41, 5.74) is 1.24. The van der Waals surface area contributed by atoms with Crippen molar-refractivity contribution in [1.29, 1.82) is 0 Å². The average Bonchev–Trinajstić information content (AvgIpc) is 2.82. The van der Waals surface area contributed by atoms with Gasteiger partial charge in [-0.15, -0.1) is 0 Å². The Morgan fingerprint density at radius 1 is 1.56 bits per heavy atom. The van der Waals surface area contributed by atoms with Crippen molar-refractivity contribution in [3.63, 3.8) is 0 Å². The third-order valence-corrected chi connectivity index (χ3v) is 4.75. The first kappa shape index (κ1) is 12.2. The molecule has 4 unspecified atom stereocenters. The van der Waals surface area contributed by atoms with Gasteiger partial charge in [0.2, 0.25) is 5.91 Å². The molecular weight excluding hydrogens is 244 g/mol. The number of nitrogens with one attached hydrogen (secondary N) is 1. The second-order valence-corrected chi connectivity index (χ2v) is 6.27. The van der Waals surface area contributed by atoms with E-state index in [9.17, 15) is 4.79 Å². The van der Waals surface area contributed by atoms with E-state index < -0.39 is 0 Å². The molecular formula is C14H20N2OS. The highest BCUT2D eigenvalue weighted by Crippen LogP contribution is 2.42. The Bertz CT molecular complexity index is 431. The SMILES string of the molecule is CCCC1NC(c2ccsc2)N(C2CC2C)C1=O. The van der Waals surface area contributed by atoms with Crippen LogP contribution in [0.1, 0.15) is 44.8 Å². The molecule has 4 atom stereocenters. The highest BCUT2D eigenvalue weighted by Gasteiger charge is 2.49. The Kier molecular flexibility index (Phi) is 3.16. The first-order valence-corrected chi connectivity index (χ1v) is 7.77. The average molecular weight is 264 g/mol. The summed E-state index contributed by atoms with van der Waals surface area (Å²) in [6, 6.07) is 2.61. The zero-order valence-electron chi connectivity index (χ0n) is 10.9. The van der Waals surface area contributed by atoms with Crippen LogP contribution < -0.4 is 5.32 Å². The zero-order valence-corrected chi connectivity index (χ0v) is 11.7. The lowest BCUT2D eigenvalue weighted by Gasteiger charge is -2.23. The van der Waals surface area contributed by atoms with Gasteiger partial charge in [0.05, 0.1) is 6.04 Å². The number of nitrogens with zero attached hydrogens (tertiary/aromatic N) is 1. The molecule has 0 spiro atoms. The molecule has 1 saturated carbocycles. The molecule has 4 heteroatoms. The van der Waals surface area contributed by atoms with Crippen molar-refractivity contribution in [2.75, 3.05) is 0 Å². The summed E-state index contributed by atoms with van der Waals surface area (Å²) in [4.78, 5) is 14.6. The molecule has 2 fully saturated rings. The van der Waals surface area contributed by atoms with E-state index in [1.165, 1.54) is 5.56 Å². The molecule has 1 aromatic heterocycles. The van der Waals surface area contributed by atoms with Gasteiger partial charge >= 0.3 is 0 Å². The standard InChI is InChI=1S/C14H20N2OS/c1-3-4-11-14(17)16(12-7-9(12)2)13(15-11)10-5-6-18-8-10/h5-6,8-9,11-13,15H,3-4,7H2,1-2H3. The normalized spacial score (nSPS) is 35.2. The minimum Gasteiger partial charge on any atom is -0.318 e. The fraction of sp³-hybridized carbons (Fsp3) is 0.643. The summed E-state index contributed by atoms with van der Waals surface area (Å²) in [6.07, 6.45) is 3.26. The lowest BCUT2D eigenvalue weighted by Crippen LogP contribution is -2.33. The van der Waals surface area contributed by atoms with Gasteiger partial charge in [0.15, 0.2) is 0 Å². The van der Waals surface area contributed by atoms with Gasteiger partial charge in [-0.2, -0.15) is 11.3 Å². The van der Waals surface area contributed by atoms with Crippen LogP contribution in [0.3, 0.4) is 0 Å². The van der Waals surface area contributed by atoms with Crippen LogP contribution in [0.2, 0.25) is 0 Å². The molecule has 18 heavy (non-hydrogen) atoms. The van der Waals surface area contributed by atoms with Gasteiger partial charge in [0, 0.05) is 6.04 Å². The largest absolute Gasteiger partial charge is 0.318 e. The summed E-state index contributed by atoms with van der Waals surface area (Å²) in [6.45, 7) is 4.37. The molecule has 0 radical (unpaired) electrons. The number of thiophene rings is 1. The first-order valence-electron chi connectivity index (χ1n) is 6.82. The highest BCUT2D eigenvalue weighted by molar-refractivity contribution is 7.07. The van der Waals surface area contributed by atoms with Gasteiger partial charge in [-0.25, -0.2) is 0 Å². The van der Waals surface area contributed by atoms with E-state index >= 15 is 0 Å². The second kappa shape index (κ2) is 4.67.